The molecule has 0 N–H and O–H groups in total. The molecule has 2 nitrogen and oxygen atoms in total. The van der Waals surface area contributed by atoms with Gasteiger partial charge < -0.3 is 4.90 Å². The van der Waals surface area contributed by atoms with Crippen LogP contribution in [0.3, 0.4) is 0 Å². The van der Waals surface area contributed by atoms with Crippen molar-refractivity contribution in [1.82, 2.24) is 4.90 Å². The van der Waals surface area contributed by atoms with Crippen molar-refractivity contribution in [1.29, 1.82) is 0 Å². The fraction of sp³-hybridized carbons (Fsp3) is 0.500. The van der Waals surface area contributed by atoms with Crippen LogP contribution in [0.5, 0.6) is 0 Å². The summed E-state index contributed by atoms with van der Waals surface area (Å²) in [4.78, 5) is 14.1. The van der Waals surface area contributed by atoms with Crippen LogP contribution in [0, 0.1) is 11.8 Å². The fourth-order valence-corrected chi connectivity index (χ4v) is 2.78. The quantitative estimate of drug-likeness (QED) is 0.759. The molecule has 1 amide bonds. The minimum Gasteiger partial charge on any atom is -0.334 e. The third-order valence-electron chi connectivity index (χ3n) is 3.94. The molecule has 2 heteroatoms. The molecular weight excluding hydrogens is 198 g/mol. The molecule has 0 spiro atoms. The highest BCUT2D eigenvalue weighted by Gasteiger charge is 2.39. The first-order valence-corrected chi connectivity index (χ1v) is 6.16. The molecule has 0 saturated heterocycles. The van der Waals surface area contributed by atoms with Gasteiger partial charge in [0.1, 0.15) is 0 Å². The predicted molar refractivity (Wildman–Crippen MR) is 63.1 cm³/mol. The Labute approximate surface area is 96.3 Å². The fourth-order valence-electron chi connectivity index (χ4n) is 2.78. The summed E-state index contributed by atoms with van der Waals surface area (Å²) in [6, 6.07) is 7.98. The second-order valence-electron chi connectivity index (χ2n) is 5.01. The Kier molecular flexibility index (Phi) is 2.23. The molecule has 2 aliphatic rings. The van der Waals surface area contributed by atoms with E-state index >= 15 is 0 Å². The van der Waals surface area contributed by atoms with Crippen LogP contribution in [0.1, 0.15) is 35.7 Å². The zero-order valence-corrected chi connectivity index (χ0v) is 9.65. The van der Waals surface area contributed by atoms with Crippen molar-refractivity contribution in [2.75, 3.05) is 6.54 Å². The molecule has 1 fully saturated rings. The lowest BCUT2D eigenvalue weighted by Gasteiger charge is -2.15. The van der Waals surface area contributed by atoms with Gasteiger partial charge in [0.25, 0.3) is 5.91 Å². The van der Waals surface area contributed by atoms with Crippen molar-refractivity contribution in [2.24, 2.45) is 11.8 Å². The Bertz CT molecular complexity index is 426. The maximum absolute atomic E-state index is 12.1. The molecule has 1 aliphatic heterocycles. The van der Waals surface area contributed by atoms with Crippen LogP contribution >= 0.6 is 0 Å². The van der Waals surface area contributed by atoms with E-state index in [4.69, 9.17) is 0 Å². The van der Waals surface area contributed by atoms with Gasteiger partial charge in [-0.15, -0.1) is 0 Å². The maximum Gasteiger partial charge on any atom is 0.254 e. The lowest BCUT2D eigenvalue weighted by atomic mass is 10.1. The Balaban J connectivity index is 1.71. The van der Waals surface area contributed by atoms with E-state index in [0.717, 1.165) is 30.5 Å². The minimum atomic E-state index is 0.234. The number of fused-ring (bicyclic) bond motifs is 1. The zero-order chi connectivity index (χ0) is 11.1. The molecule has 2 atom stereocenters. The van der Waals surface area contributed by atoms with Gasteiger partial charge in [0.2, 0.25) is 0 Å². The van der Waals surface area contributed by atoms with Crippen molar-refractivity contribution in [3.05, 3.63) is 35.4 Å². The molecule has 84 valence electrons. The first-order chi connectivity index (χ1) is 7.79. The largest absolute Gasteiger partial charge is 0.334 e. The summed E-state index contributed by atoms with van der Waals surface area (Å²) in [5, 5.41) is 0. The van der Waals surface area contributed by atoms with Crippen LogP contribution in [-0.4, -0.2) is 17.4 Å². The van der Waals surface area contributed by atoms with Gasteiger partial charge in [-0.25, -0.2) is 0 Å². The normalized spacial score (nSPS) is 27.1. The molecule has 1 aromatic rings. The first kappa shape index (κ1) is 9.88. The molecule has 0 aromatic heterocycles. The van der Waals surface area contributed by atoms with Gasteiger partial charge in [-0.05, 0) is 29.9 Å². The highest BCUT2D eigenvalue weighted by atomic mass is 16.2. The maximum atomic E-state index is 12.1. The van der Waals surface area contributed by atoms with E-state index in [0.29, 0.717) is 0 Å². The summed E-state index contributed by atoms with van der Waals surface area (Å²) in [6.45, 7) is 4.03. The predicted octanol–water partition coefficient (Wildman–Crippen LogP) is 2.69. The van der Waals surface area contributed by atoms with Crippen LogP contribution in [0.4, 0.5) is 0 Å². The highest BCUT2D eigenvalue weighted by molar-refractivity contribution is 5.98. The standard InChI is InChI=1S/C14H17NO/c1-2-10-7-12(10)9-15-8-11-5-3-4-6-13(11)14(15)16/h3-6,10,12H,2,7-9H2,1H3. The third-order valence-corrected chi connectivity index (χ3v) is 3.94. The van der Waals surface area contributed by atoms with Gasteiger partial charge in [0.05, 0.1) is 0 Å². The van der Waals surface area contributed by atoms with Crippen molar-refractivity contribution in [3.8, 4) is 0 Å². The van der Waals surface area contributed by atoms with Crippen LogP contribution in [0.15, 0.2) is 24.3 Å². The molecule has 1 aromatic carbocycles. The van der Waals surface area contributed by atoms with Gasteiger partial charge in [0, 0.05) is 18.7 Å². The Morgan fingerprint density at radius 1 is 1.31 bits per heavy atom. The second-order valence-corrected chi connectivity index (χ2v) is 5.01. The summed E-state index contributed by atoms with van der Waals surface area (Å²) in [7, 11) is 0. The van der Waals surface area contributed by atoms with Gasteiger partial charge in [-0.2, -0.15) is 0 Å². The van der Waals surface area contributed by atoms with E-state index in [1.165, 1.54) is 18.4 Å². The lowest BCUT2D eigenvalue weighted by molar-refractivity contribution is 0.0768. The van der Waals surface area contributed by atoms with Crippen molar-refractivity contribution in [3.63, 3.8) is 0 Å². The smallest absolute Gasteiger partial charge is 0.254 e. The Morgan fingerprint density at radius 3 is 2.81 bits per heavy atom. The first-order valence-electron chi connectivity index (χ1n) is 6.16. The van der Waals surface area contributed by atoms with Crippen molar-refractivity contribution in [2.45, 2.75) is 26.3 Å². The number of benzene rings is 1. The molecule has 0 bridgehead atoms. The lowest BCUT2D eigenvalue weighted by Crippen LogP contribution is -2.26. The summed E-state index contributed by atoms with van der Waals surface area (Å²) in [6.07, 6.45) is 2.58. The summed E-state index contributed by atoms with van der Waals surface area (Å²) >= 11 is 0. The average molecular weight is 215 g/mol. The molecule has 1 heterocycles. The summed E-state index contributed by atoms with van der Waals surface area (Å²) < 4.78 is 0. The monoisotopic (exact) mass is 215 g/mol. The van der Waals surface area contributed by atoms with E-state index in [1.807, 2.05) is 23.1 Å². The van der Waals surface area contributed by atoms with E-state index in [2.05, 4.69) is 13.0 Å². The number of rotatable bonds is 3. The number of carbonyl (C=O) groups is 1. The van der Waals surface area contributed by atoms with Crippen LogP contribution < -0.4 is 0 Å². The average Bonchev–Trinajstić information content (AvgIpc) is 2.99. The van der Waals surface area contributed by atoms with Crippen LogP contribution in [-0.2, 0) is 6.54 Å². The van der Waals surface area contributed by atoms with Crippen molar-refractivity contribution < 1.29 is 4.79 Å². The van der Waals surface area contributed by atoms with Gasteiger partial charge in [-0.3, -0.25) is 4.79 Å². The zero-order valence-electron chi connectivity index (χ0n) is 9.65. The highest BCUT2D eigenvalue weighted by Crippen LogP contribution is 2.42. The van der Waals surface area contributed by atoms with Gasteiger partial charge in [-0.1, -0.05) is 31.5 Å². The molecule has 1 saturated carbocycles. The number of carbonyl (C=O) groups excluding carboxylic acids is 1. The molecule has 2 unspecified atom stereocenters. The van der Waals surface area contributed by atoms with E-state index < -0.39 is 0 Å². The Morgan fingerprint density at radius 2 is 2.12 bits per heavy atom. The van der Waals surface area contributed by atoms with Crippen LogP contribution in [0.25, 0.3) is 0 Å². The van der Waals surface area contributed by atoms with Crippen LogP contribution in [0.2, 0.25) is 0 Å². The summed E-state index contributed by atoms with van der Waals surface area (Å²) in [5.74, 6) is 1.87. The van der Waals surface area contributed by atoms with Gasteiger partial charge >= 0.3 is 0 Å². The van der Waals surface area contributed by atoms with Gasteiger partial charge in [0.15, 0.2) is 0 Å². The number of amides is 1. The number of hydrogen-bond donors (Lipinski definition) is 0. The SMILES string of the molecule is CCC1CC1CN1Cc2ccccc2C1=O. The summed E-state index contributed by atoms with van der Waals surface area (Å²) in [5.41, 5.74) is 2.11. The molecule has 3 rings (SSSR count). The van der Waals surface area contributed by atoms with E-state index in [-0.39, 0.29) is 5.91 Å². The molecule has 0 radical (unpaired) electrons. The van der Waals surface area contributed by atoms with Crippen molar-refractivity contribution >= 4 is 5.91 Å². The minimum absolute atomic E-state index is 0.234. The Hall–Kier alpha value is -1.31. The topological polar surface area (TPSA) is 20.3 Å². The second kappa shape index (κ2) is 3.62. The van der Waals surface area contributed by atoms with E-state index in [1.54, 1.807) is 0 Å². The third kappa shape index (κ3) is 1.53. The molecule has 16 heavy (non-hydrogen) atoms. The molecular formula is C14H17NO. The number of nitrogens with zero attached hydrogens (tertiary/aromatic N) is 1. The number of hydrogen-bond acceptors (Lipinski definition) is 1. The molecule has 1 aliphatic carbocycles. The van der Waals surface area contributed by atoms with E-state index in [9.17, 15) is 4.79 Å².